The number of carbonyl (C=O) groups is 2. The standard InChI is InChI=1S/C34H45N3O5/c1-32-14-11-23(18-22(32)9-10-25-26(32)12-15-33(2)27(25)13-16-34(33,3)40)37-42-20-30(38)36-29(31(39)41-4)17-21-19-35-28-8-6-5-7-24(21)28/h5-8,18-19,25-27,29,35,40H,9-17,20H2,1-4H3,(H,36,38)/b37-23-/t25-,26-,27+,29-,32-,33-,34-/m0/s1. The number of benzene rings is 1. The number of hydrogen-bond acceptors (Lipinski definition) is 6. The summed E-state index contributed by atoms with van der Waals surface area (Å²) in [7, 11) is 1.32. The number of nitrogens with zero attached hydrogens (tertiary/aromatic N) is 1. The van der Waals surface area contributed by atoms with Crippen LogP contribution in [0.15, 0.2) is 47.3 Å². The Hall–Kier alpha value is -3.13. The molecule has 0 aliphatic heterocycles. The van der Waals surface area contributed by atoms with E-state index in [1.165, 1.54) is 25.5 Å². The molecule has 2 aromatic rings. The lowest BCUT2D eigenvalue weighted by molar-refractivity contribution is -0.145. The summed E-state index contributed by atoms with van der Waals surface area (Å²) in [5.74, 6) is 0.999. The van der Waals surface area contributed by atoms with Crippen molar-refractivity contribution in [1.82, 2.24) is 10.3 Å². The highest BCUT2D eigenvalue weighted by atomic mass is 16.6. The lowest BCUT2D eigenvalue weighted by atomic mass is 9.46. The maximum atomic E-state index is 12.8. The Morgan fingerprint density at radius 2 is 1.88 bits per heavy atom. The number of methoxy groups -OCH3 is 1. The summed E-state index contributed by atoms with van der Waals surface area (Å²) in [5.41, 5.74) is 3.87. The molecule has 3 fully saturated rings. The fourth-order valence-corrected chi connectivity index (χ4v) is 9.15. The molecule has 6 rings (SSSR count). The van der Waals surface area contributed by atoms with Gasteiger partial charge in [0.1, 0.15) is 6.04 Å². The van der Waals surface area contributed by atoms with Crippen LogP contribution in [0.3, 0.4) is 0 Å². The minimum Gasteiger partial charge on any atom is -0.467 e. The number of aromatic nitrogens is 1. The molecule has 1 amide bonds. The fourth-order valence-electron chi connectivity index (χ4n) is 9.15. The summed E-state index contributed by atoms with van der Waals surface area (Å²) in [6, 6.07) is 7.02. The van der Waals surface area contributed by atoms with E-state index in [0.29, 0.717) is 24.2 Å². The third-order valence-corrected chi connectivity index (χ3v) is 11.8. The van der Waals surface area contributed by atoms with Gasteiger partial charge in [-0.25, -0.2) is 4.79 Å². The van der Waals surface area contributed by atoms with Gasteiger partial charge in [0.05, 0.1) is 18.4 Å². The van der Waals surface area contributed by atoms with E-state index >= 15 is 0 Å². The SMILES string of the molecule is COC(=O)[C@H](Cc1c[nH]c2ccccc12)NC(=O)CO/N=C1\C=C2CC[C@@H]3[C@H]4CC[C@](C)(O)[C@@]4(C)CC[C@@H]3[C@@]2(C)CC1. The monoisotopic (exact) mass is 575 g/mol. The molecule has 4 aliphatic rings. The highest BCUT2D eigenvalue weighted by Gasteiger charge is 2.62. The van der Waals surface area contributed by atoms with E-state index < -0.39 is 23.5 Å². The van der Waals surface area contributed by atoms with E-state index in [4.69, 9.17) is 9.57 Å². The normalized spacial score (nSPS) is 35.5. The molecule has 8 heteroatoms. The van der Waals surface area contributed by atoms with E-state index in [1.807, 2.05) is 30.5 Å². The Balaban J connectivity index is 1.07. The Morgan fingerprint density at radius 3 is 2.69 bits per heavy atom. The van der Waals surface area contributed by atoms with Crippen LogP contribution in [0.1, 0.15) is 77.7 Å². The van der Waals surface area contributed by atoms with E-state index in [0.717, 1.165) is 60.7 Å². The predicted molar refractivity (Wildman–Crippen MR) is 162 cm³/mol. The zero-order valence-corrected chi connectivity index (χ0v) is 25.4. The second-order valence-corrected chi connectivity index (χ2v) is 13.8. The number of esters is 1. The van der Waals surface area contributed by atoms with E-state index in [2.05, 4.69) is 42.3 Å². The largest absolute Gasteiger partial charge is 0.467 e. The fraction of sp³-hybridized carbons (Fsp3) is 0.618. The minimum atomic E-state index is -0.827. The second kappa shape index (κ2) is 10.9. The van der Waals surface area contributed by atoms with E-state index in [-0.39, 0.29) is 17.4 Å². The number of aliphatic hydroxyl groups is 1. The van der Waals surface area contributed by atoms with Crippen LogP contribution in [-0.4, -0.2) is 53.0 Å². The van der Waals surface area contributed by atoms with Gasteiger partial charge in [0.25, 0.3) is 5.91 Å². The van der Waals surface area contributed by atoms with Crippen LogP contribution in [-0.2, 0) is 25.6 Å². The molecule has 42 heavy (non-hydrogen) atoms. The first-order valence-corrected chi connectivity index (χ1v) is 15.6. The number of carbonyl (C=O) groups excluding carboxylic acids is 2. The Morgan fingerprint density at radius 1 is 1.10 bits per heavy atom. The molecule has 3 saturated carbocycles. The van der Waals surface area contributed by atoms with Gasteiger partial charge in [0.15, 0.2) is 6.61 Å². The summed E-state index contributed by atoms with van der Waals surface area (Å²) in [4.78, 5) is 33.9. The van der Waals surface area contributed by atoms with Crippen molar-refractivity contribution < 1.29 is 24.3 Å². The van der Waals surface area contributed by atoms with Crippen LogP contribution in [0.25, 0.3) is 10.9 Å². The zero-order valence-electron chi connectivity index (χ0n) is 25.4. The molecule has 3 N–H and O–H groups in total. The number of ether oxygens (including phenoxy) is 1. The topological polar surface area (TPSA) is 113 Å². The molecule has 0 radical (unpaired) electrons. The molecular weight excluding hydrogens is 530 g/mol. The number of para-hydroxylation sites is 1. The van der Waals surface area contributed by atoms with Gasteiger partial charge in [-0.05, 0) is 105 Å². The molecule has 226 valence electrons. The number of hydrogen-bond donors (Lipinski definition) is 3. The van der Waals surface area contributed by atoms with Crippen molar-refractivity contribution >= 4 is 28.5 Å². The molecule has 1 aromatic carbocycles. The summed E-state index contributed by atoms with van der Waals surface area (Å²) < 4.78 is 4.96. The number of aromatic amines is 1. The molecule has 8 nitrogen and oxygen atoms in total. The molecule has 0 saturated heterocycles. The van der Waals surface area contributed by atoms with Crippen molar-refractivity contribution in [2.75, 3.05) is 13.7 Å². The first-order chi connectivity index (χ1) is 20.1. The van der Waals surface area contributed by atoms with Gasteiger partial charge in [-0.15, -0.1) is 0 Å². The smallest absolute Gasteiger partial charge is 0.328 e. The van der Waals surface area contributed by atoms with Crippen LogP contribution in [0.5, 0.6) is 0 Å². The van der Waals surface area contributed by atoms with Gasteiger partial charge >= 0.3 is 5.97 Å². The van der Waals surface area contributed by atoms with Crippen molar-refractivity contribution in [3.05, 3.63) is 47.7 Å². The van der Waals surface area contributed by atoms with Gasteiger partial charge in [-0.3, -0.25) is 4.79 Å². The summed E-state index contributed by atoms with van der Waals surface area (Å²) in [5, 5.41) is 19.3. The van der Waals surface area contributed by atoms with E-state index in [1.54, 1.807) is 0 Å². The second-order valence-electron chi connectivity index (χ2n) is 13.8. The van der Waals surface area contributed by atoms with E-state index in [9.17, 15) is 14.7 Å². The van der Waals surface area contributed by atoms with Crippen LogP contribution in [0.2, 0.25) is 0 Å². The molecule has 0 spiro atoms. The van der Waals surface area contributed by atoms with Gasteiger partial charge in [0, 0.05) is 23.5 Å². The number of rotatable bonds is 7. The number of fused-ring (bicyclic) bond motifs is 6. The average Bonchev–Trinajstić information content (AvgIpc) is 3.49. The Kier molecular flexibility index (Phi) is 7.49. The number of H-pyrrole nitrogens is 1. The first-order valence-electron chi connectivity index (χ1n) is 15.6. The predicted octanol–water partition coefficient (Wildman–Crippen LogP) is 5.45. The van der Waals surface area contributed by atoms with Crippen LogP contribution >= 0.6 is 0 Å². The zero-order chi connectivity index (χ0) is 29.7. The number of amides is 1. The van der Waals surface area contributed by atoms with Crippen molar-refractivity contribution in [3.63, 3.8) is 0 Å². The molecule has 1 aromatic heterocycles. The van der Waals surface area contributed by atoms with Crippen molar-refractivity contribution in [3.8, 4) is 0 Å². The van der Waals surface area contributed by atoms with Gasteiger partial charge in [-0.1, -0.05) is 42.8 Å². The summed E-state index contributed by atoms with van der Waals surface area (Å²) in [6.07, 6.45) is 12.8. The third kappa shape index (κ3) is 4.85. The van der Waals surface area contributed by atoms with Gasteiger partial charge in [-0.2, -0.15) is 0 Å². The number of nitrogens with one attached hydrogen (secondary N) is 2. The Labute approximate surface area is 248 Å². The number of oxime groups is 1. The molecule has 7 atom stereocenters. The van der Waals surface area contributed by atoms with Gasteiger partial charge < -0.3 is 25.0 Å². The summed E-state index contributed by atoms with van der Waals surface area (Å²) >= 11 is 0. The summed E-state index contributed by atoms with van der Waals surface area (Å²) in [6.45, 7) is 6.57. The van der Waals surface area contributed by atoms with Crippen LogP contribution in [0.4, 0.5) is 0 Å². The first kappa shape index (κ1) is 29.0. The van der Waals surface area contributed by atoms with Crippen molar-refractivity contribution in [1.29, 1.82) is 0 Å². The molecular formula is C34H45N3O5. The van der Waals surface area contributed by atoms with Gasteiger partial charge in [0.2, 0.25) is 0 Å². The molecule has 0 unspecified atom stereocenters. The Bertz CT molecular complexity index is 1430. The average molecular weight is 576 g/mol. The number of allylic oxidation sites excluding steroid dienone is 2. The lowest BCUT2D eigenvalue weighted by Crippen LogP contribution is -2.53. The highest BCUT2D eigenvalue weighted by Crippen LogP contribution is 2.67. The minimum absolute atomic E-state index is 0.0315. The maximum absolute atomic E-state index is 12.8. The quantitative estimate of drug-likeness (QED) is 0.300. The highest BCUT2D eigenvalue weighted by molar-refractivity contribution is 5.96. The van der Waals surface area contributed by atoms with Crippen LogP contribution in [0, 0.1) is 28.6 Å². The van der Waals surface area contributed by atoms with Crippen molar-refractivity contribution in [2.24, 2.45) is 33.7 Å². The molecule has 0 bridgehead atoms. The third-order valence-electron chi connectivity index (χ3n) is 11.8. The maximum Gasteiger partial charge on any atom is 0.328 e. The molecule has 4 aliphatic carbocycles. The molecule has 1 heterocycles. The van der Waals surface area contributed by atoms with Crippen LogP contribution < -0.4 is 5.32 Å². The lowest BCUT2D eigenvalue weighted by Gasteiger charge is -2.59. The van der Waals surface area contributed by atoms with Crippen molar-refractivity contribution in [2.45, 2.75) is 90.2 Å².